The second-order valence-electron chi connectivity index (χ2n) is 11.9. The Kier molecular flexibility index (Phi) is 9.36. The van der Waals surface area contributed by atoms with Crippen LogP contribution in [-0.2, 0) is 0 Å². The first-order valence-electron chi connectivity index (χ1n) is 14.4. The van der Waals surface area contributed by atoms with Crippen LogP contribution in [-0.4, -0.2) is 0 Å². The van der Waals surface area contributed by atoms with Crippen molar-refractivity contribution in [3.63, 3.8) is 0 Å². The molecule has 178 valence electrons. The summed E-state index contributed by atoms with van der Waals surface area (Å²) >= 11 is 0. The van der Waals surface area contributed by atoms with Crippen molar-refractivity contribution in [2.45, 2.75) is 116 Å². The van der Waals surface area contributed by atoms with Crippen molar-refractivity contribution in [1.29, 1.82) is 0 Å². The Morgan fingerprint density at radius 3 is 1.66 bits per heavy atom. The van der Waals surface area contributed by atoms with Crippen molar-refractivity contribution in [1.82, 2.24) is 0 Å². The van der Waals surface area contributed by atoms with Gasteiger partial charge in [-0.3, -0.25) is 0 Å². The van der Waals surface area contributed by atoms with Gasteiger partial charge in [-0.15, -0.1) is 0 Å². The van der Waals surface area contributed by atoms with Crippen molar-refractivity contribution < 1.29 is 0 Å². The predicted octanol–water partition coefficient (Wildman–Crippen LogP) is 9.96. The number of rotatable bonds is 8. The predicted molar refractivity (Wildman–Crippen MR) is 140 cm³/mol. The van der Waals surface area contributed by atoms with Crippen molar-refractivity contribution >= 4 is 0 Å². The number of allylic oxidation sites excluding steroid dienone is 2. The minimum Gasteiger partial charge on any atom is -0.0917 e. The average Bonchev–Trinajstić information content (AvgIpc) is 2.86. The van der Waals surface area contributed by atoms with E-state index >= 15 is 0 Å². The lowest BCUT2D eigenvalue weighted by molar-refractivity contribution is 0.102. The molecular formula is C32H50. The zero-order chi connectivity index (χ0) is 22.2. The standard InChI is InChI=1S/C32H50/c1-3-4-6-9-26-12-16-29(17-13-26)31-20-22-32(23-21-31)30-18-14-27(15-19-30)24-25(2)28-10-7-5-8-11-28/h3-5,7-8,10-11,25-27,29-32H,6,9,12-24H2,1-2H3/b4-3+/t25-,26?,27?,29?,30?,31?,32?/m0/s1. The second kappa shape index (κ2) is 12.4. The summed E-state index contributed by atoms with van der Waals surface area (Å²) in [6.45, 7) is 4.60. The van der Waals surface area contributed by atoms with E-state index in [0.29, 0.717) is 0 Å². The van der Waals surface area contributed by atoms with Gasteiger partial charge in [0, 0.05) is 0 Å². The molecule has 3 fully saturated rings. The minimum absolute atomic E-state index is 0.728. The highest BCUT2D eigenvalue weighted by Gasteiger charge is 2.34. The molecule has 1 aromatic carbocycles. The van der Waals surface area contributed by atoms with Gasteiger partial charge in [-0.05, 0) is 125 Å². The van der Waals surface area contributed by atoms with Gasteiger partial charge in [-0.25, -0.2) is 0 Å². The molecule has 0 heterocycles. The zero-order valence-electron chi connectivity index (χ0n) is 21.2. The van der Waals surface area contributed by atoms with E-state index < -0.39 is 0 Å². The molecule has 0 N–H and O–H groups in total. The smallest absolute Gasteiger partial charge is 0.0188 e. The van der Waals surface area contributed by atoms with Crippen LogP contribution in [0.2, 0.25) is 0 Å². The molecule has 0 bridgehead atoms. The molecule has 1 atom stereocenters. The third-order valence-electron chi connectivity index (χ3n) is 9.97. The zero-order valence-corrected chi connectivity index (χ0v) is 21.2. The van der Waals surface area contributed by atoms with E-state index in [2.05, 4.69) is 56.3 Å². The SMILES string of the molecule is C/C=C/CCC1CCC(C2CCC(C3CCC(C[C@H](C)c4ccccc4)CC3)CC2)CC1. The molecule has 3 saturated carbocycles. The summed E-state index contributed by atoms with van der Waals surface area (Å²) in [4.78, 5) is 0. The second-order valence-corrected chi connectivity index (χ2v) is 11.9. The van der Waals surface area contributed by atoms with E-state index in [1.54, 1.807) is 44.1 Å². The van der Waals surface area contributed by atoms with Crippen LogP contribution in [0, 0.1) is 35.5 Å². The molecule has 4 rings (SSSR count). The Morgan fingerprint density at radius 2 is 1.16 bits per heavy atom. The van der Waals surface area contributed by atoms with Gasteiger partial charge < -0.3 is 0 Å². The van der Waals surface area contributed by atoms with Crippen LogP contribution in [0.4, 0.5) is 0 Å². The van der Waals surface area contributed by atoms with Gasteiger partial charge in [0.2, 0.25) is 0 Å². The van der Waals surface area contributed by atoms with Crippen LogP contribution in [0.1, 0.15) is 122 Å². The summed E-state index contributed by atoms with van der Waals surface area (Å²) in [5.74, 6) is 7.00. The highest BCUT2D eigenvalue weighted by Crippen LogP contribution is 2.47. The molecule has 32 heavy (non-hydrogen) atoms. The summed E-state index contributed by atoms with van der Waals surface area (Å²) in [5.41, 5.74) is 1.54. The lowest BCUT2D eigenvalue weighted by Gasteiger charge is -2.41. The van der Waals surface area contributed by atoms with Gasteiger partial charge in [-0.2, -0.15) is 0 Å². The Morgan fingerprint density at radius 1 is 0.688 bits per heavy atom. The van der Waals surface area contributed by atoms with Gasteiger partial charge >= 0.3 is 0 Å². The van der Waals surface area contributed by atoms with Crippen LogP contribution < -0.4 is 0 Å². The van der Waals surface area contributed by atoms with E-state index in [1.807, 2.05) is 0 Å². The highest BCUT2D eigenvalue weighted by atomic mass is 14.4. The minimum atomic E-state index is 0.728. The van der Waals surface area contributed by atoms with Crippen molar-refractivity contribution in [3.05, 3.63) is 48.0 Å². The van der Waals surface area contributed by atoms with Crippen molar-refractivity contribution in [3.8, 4) is 0 Å². The molecular weight excluding hydrogens is 384 g/mol. The molecule has 1 aromatic rings. The Balaban J connectivity index is 1.13. The summed E-state index contributed by atoms with van der Waals surface area (Å²) in [6.07, 6.45) is 27.2. The van der Waals surface area contributed by atoms with E-state index in [9.17, 15) is 0 Å². The van der Waals surface area contributed by atoms with E-state index in [4.69, 9.17) is 0 Å². The largest absolute Gasteiger partial charge is 0.0917 e. The van der Waals surface area contributed by atoms with Gasteiger partial charge in [0.25, 0.3) is 0 Å². The maximum Gasteiger partial charge on any atom is -0.0188 e. The number of benzene rings is 1. The fraction of sp³-hybridized carbons (Fsp3) is 0.750. The van der Waals surface area contributed by atoms with Crippen LogP contribution in [0.15, 0.2) is 42.5 Å². The highest BCUT2D eigenvalue weighted by molar-refractivity contribution is 5.18. The molecule has 0 unspecified atom stereocenters. The van der Waals surface area contributed by atoms with Gasteiger partial charge in [0.1, 0.15) is 0 Å². The first-order chi connectivity index (χ1) is 15.7. The maximum atomic E-state index is 2.44. The average molecular weight is 435 g/mol. The first-order valence-corrected chi connectivity index (χ1v) is 14.4. The Hall–Kier alpha value is -1.04. The molecule has 0 amide bonds. The van der Waals surface area contributed by atoms with Gasteiger partial charge in [0.15, 0.2) is 0 Å². The van der Waals surface area contributed by atoms with E-state index in [0.717, 1.165) is 41.4 Å². The van der Waals surface area contributed by atoms with Crippen LogP contribution in [0.5, 0.6) is 0 Å². The Bertz CT molecular complexity index is 649. The maximum absolute atomic E-state index is 2.44. The lowest BCUT2D eigenvalue weighted by Crippen LogP contribution is -2.30. The topological polar surface area (TPSA) is 0 Å². The summed E-state index contributed by atoms with van der Waals surface area (Å²) in [7, 11) is 0. The fourth-order valence-electron chi connectivity index (χ4n) is 7.85. The van der Waals surface area contributed by atoms with E-state index in [1.165, 1.54) is 57.8 Å². The van der Waals surface area contributed by atoms with Crippen LogP contribution in [0.25, 0.3) is 0 Å². The molecule has 0 saturated heterocycles. The van der Waals surface area contributed by atoms with Crippen molar-refractivity contribution in [2.24, 2.45) is 35.5 Å². The lowest BCUT2D eigenvalue weighted by atomic mass is 9.64. The molecule has 0 aromatic heterocycles. The van der Waals surface area contributed by atoms with Gasteiger partial charge in [0.05, 0.1) is 0 Å². The van der Waals surface area contributed by atoms with Crippen molar-refractivity contribution in [2.75, 3.05) is 0 Å². The summed E-state index contributed by atoms with van der Waals surface area (Å²) < 4.78 is 0. The fourth-order valence-corrected chi connectivity index (χ4v) is 7.85. The van der Waals surface area contributed by atoms with Crippen LogP contribution in [0.3, 0.4) is 0 Å². The Labute approximate surface area is 199 Å². The van der Waals surface area contributed by atoms with Crippen LogP contribution >= 0.6 is 0 Å². The van der Waals surface area contributed by atoms with E-state index in [-0.39, 0.29) is 0 Å². The molecule has 0 radical (unpaired) electrons. The van der Waals surface area contributed by atoms with Gasteiger partial charge in [-0.1, -0.05) is 75.1 Å². The summed E-state index contributed by atoms with van der Waals surface area (Å²) in [5, 5.41) is 0. The third-order valence-corrected chi connectivity index (χ3v) is 9.97. The molecule has 3 aliphatic rings. The quantitative estimate of drug-likeness (QED) is 0.357. The summed E-state index contributed by atoms with van der Waals surface area (Å²) in [6, 6.07) is 11.2. The molecule has 0 spiro atoms. The molecule has 0 heteroatoms. The number of hydrogen-bond donors (Lipinski definition) is 0. The molecule has 0 nitrogen and oxygen atoms in total. The molecule has 0 aliphatic heterocycles. The first kappa shape index (κ1) is 24.1. The monoisotopic (exact) mass is 434 g/mol. The number of hydrogen-bond acceptors (Lipinski definition) is 0. The third kappa shape index (κ3) is 6.74. The molecule has 3 aliphatic carbocycles. The normalized spacial score (nSPS) is 35.1.